The van der Waals surface area contributed by atoms with E-state index in [1.54, 1.807) is 0 Å². The number of carbonyl (C=O) groups is 2. The molecule has 0 aromatic rings. The summed E-state index contributed by atoms with van der Waals surface area (Å²) in [6.45, 7) is 10.4. The Morgan fingerprint density at radius 2 is 1.26 bits per heavy atom. The highest BCUT2D eigenvalue weighted by Crippen LogP contribution is 2.29. The molecule has 6 heteroatoms. The summed E-state index contributed by atoms with van der Waals surface area (Å²) in [5.41, 5.74) is -0.204. The zero-order valence-corrected chi connectivity index (χ0v) is 14.3. The van der Waals surface area contributed by atoms with Crippen LogP contribution in [-0.2, 0) is 9.59 Å². The standard InChI is InChI=1S/C11H24O2.2C3H4O2/c1-3-5-6-8-11(9-12,10-13)7-4-2;2*1-2-3(4)5/h12-13H,3-10H2,1-2H3;2*2H,1H2,(H,4,5). The van der Waals surface area contributed by atoms with Crippen LogP contribution in [0.4, 0.5) is 0 Å². The molecule has 4 N–H and O–H groups in total. The third kappa shape index (κ3) is 20.3. The number of carboxylic acids is 2. The topological polar surface area (TPSA) is 115 Å². The van der Waals surface area contributed by atoms with Crippen LogP contribution >= 0.6 is 0 Å². The van der Waals surface area contributed by atoms with Crippen LogP contribution in [0.5, 0.6) is 0 Å². The predicted octanol–water partition coefficient (Wildman–Crippen LogP) is 2.85. The maximum atomic E-state index is 9.25. The van der Waals surface area contributed by atoms with Crippen LogP contribution < -0.4 is 0 Å². The fourth-order valence-corrected chi connectivity index (χ4v) is 1.77. The molecule has 0 aliphatic heterocycles. The van der Waals surface area contributed by atoms with Gasteiger partial charge in [0.05, 0.1) is 13.2 Å². The van der Waals surface area contributed by atoms with Gasteiger partial charge in [-0.3, -0.25) is 0 Å². The molecule has 0 saturated carbocycles. The Morgan fingerprint density at radius 1 is 0.870 bits per heavy atom. The molecule has 0 aliphatic rings. The van der Waals surface area contributed by atoms with Crippen molar-refractivity contribution in [3.05, 3.63) is 25.3 Å². The molecule has 0 unspecified atom stereocenters. The molecule has 0 rings (SSSR count). The van der Waals surface area contributed by atoms with E-state index >= 15 is 0 Å². The quantitative estimate of drug-likeness (QED) is 0.361. The van der Waals surface area contributed by atoms with Crippen molar-refractivity contribution in [3.63, 3.8) is 0 Å². The van der Waals surface area contributed by atoms with Gasteiger partial charge in [-0.05, 0) is 12.8 Å². The molecule has 0 atom stereocenters. The van der Waals surface area contributed by atoms with Crippen molar-refractivity contribution >= 4 is 11.9 Å². The molecule has 6 nitrogen and oxygen atoms in total. The molecule has 0 amide bonds. The number of hydrogen-bond donors (Lipinski definition) is 4. The Hall–Kier alpha value is -1.66. The van der Waals surface area contributed by atoms with Crippen LogP contribution in [0.1, 0.15) is 52.4 Å². The van der Waals surface area contributed by atoms with Gasteiger partial charge in [0.25, 0.3) is 0 Å². The number of aliphatic hydroxyl groups excluding tert-OH is 2. The molecule has 0 aromatic heterocycles. The summed E-state index contributed by atoms with van der Waals surface area (Å²) in [6, 6.07) is 0. The Bertz CT molecular complexity index is 303. The summed E-state index contributed by atoms with van der Waals surface area (Å²) in [5.74, 6) is -1.96. The molecule has 0 aromatic carbocycles. The summed E-state index contributed by atoms with van der Waals surface area (Å²) in [7, 11) is 0. The lowest BCUT2D eigenvalue weighted by molar-refractivity contribution is -0.132. The van der Waals surface area contributed by atoms with Gasteiger partial charge in [-0.15, -0.1) is 0 Å². The van der Waals surface area contributed by atoms with Gasteiger partial charge in [-0.25, -0.2) is 9.59 Å². The molecule has 136 valence electrons. The van der Waals surface area contributed by atoms with E-state index in [0.717, 1.165) is 37.8 Å². The Morgan fingerprint density at radius 3 is 1.48 bits per heavy atom. The van der Waals surface area contributed by atoms with Crippen molar-refractivity contribution < 1.29 is 30.0 Å². The average molecular weight is 332 g/mol. The molecule has 0 saturated heterocycles. The van der Waals surface area contributed by atoms with Crippen molar-refractivity contribution in [1.29, 1.82) is 0 Å². The maximum Gasteiger partial charge on any atom is 0.327 e. The minimum atomic E-state index is -0.981. The fourth-order valence-electron chi connectivity index (χ4n) is 1.77. The smallest absolute Gasteiger partial charge is 0.327 e. The minimum Gasteiger partial charge on any atom is -0.478 e. The Kier molecular flexibility index (Phi) is 21.0. The first-order chi connectivity index (χ1) is 10.8. The van der Waals surface area contributed by atoms with E-state index in [0.29, 0.717) is 0 Å². The second-order valence-electron chi connectivity index (χ2n) is 5.11. The van der Waals surface area contributed by atoms with Crippen molar-refractivity contribution in [3.8, 4) is 0 Å². The first kappa shape index (κ1) is 26.2. The largest absolute Gasteiger partial charge is 0.478 e. The van der Waals surface area contributed by atoms with Gasteiger partial charge in [-0.2, -0.15) is 0 Å². The van der Waals surface area contributed by atoms with Gasteiger partial charge in [0.2, 0.25) is 0 Å². The summed E-state index contributed by atoms with van der Waals surface area (Å²) < 4.78 is 0. The zero-order chi connectivity index (χ0) is 18.7. The third-order valence-electron chi connectivity index (χ3n) is 3.11. The summed E-state index contributed by atoms with van der Waals surface area (Å²) in [5, 5.41) is 33.7. The zero-order valence-electron chi connectivity index (χ0n) is 14.3. The van der Waals surface area contributed by atoms with E-state index in [9.17, 15) is 19.8 Å². The third-order valence-corrected chi connectivity index (χ3v) is 3.11. The van der Waals surface area contributed by atoms with Gasteiger partial charge in [0, 0.05) is 17.6 Å². The Balaban J connectivity index is -0.000000329. The fraction of sp³-hybridized carbons (Fsp3) is 0.647. The van der Waals surface area contributed by atoms with E-state index in [1.807, 2.05) is 0 Å². The maximum absolute atomic E-state index is 9.25. The lowest BCUT2D eigenvalue weighted by Gasteiger charge is -2.29. The first-order valence-electron chi connectivity index (χ1n) is 7.71. The van der Waals surface area contributed by atoms with Crippen LogP contribution in [0.15, 0.2) is 25.3 Å². The number of aliphatic hydroxyl groups is 2. The van der Waals surface area contributed by atoms with Gasteiger partial charge < -0.3 is 20.4 Å². The highest BCUT2D eigenvalue weighted by atomic mass is 16.4. The number of hydrogen-bond acceptors (Lipinski definition) is 4. The van der Waals surface area contributed by atoms with Crippen LogP contribution in [0.3, 0.4) is 0 Å². The number of carboxylic acid groups (broad SMARTS) is 2. The molecular weight excluding hydrogens is 300 g/mol. The van der Waals surface area contributed by atoms with Crippen molar-refractivity contribution in [2.45, 2.75) is 52.4 Å². The highest BCUT2D eigenvalue weighted by molar-refractivity contribution is 5.79. The van der Waals surface area contributed by atoms with Gasteiger partial charge in [0.1, 0.15) is 0 Å². The van der Waals surface area contributed by atoms with E-state index < -0.39 is 11.9 Å². The monoisotopic (exact) mass is 332 g/mol. The summed E-state index contributed by atoms with van der Waals surface area (Å²) in [4.78, 5) is 18.5. The predicted molar refractivity (Wildman–Crippen MR) is 91.3 cm³/mol. The van der Waals surface area contributed by atoms with Gasteiger partial charge in [0.15, 0.2) is 0 Å². The van der Waals surface area contributed by atoms with Crippen LogP contribution in [0.25, 0.3) is 0 Å². The number of aliphatic carboxylic acids is 2. The molecule has 23 heavy (non-hydrogen) atoms. The van der Waals surface area contributed by atoms with E-state index in [4.69, 9.17) is 10.2 Å². The highest BCUT2D eigenvalue weighted by Gasteiger charge is 2.26. The van der Waals surface area contributed by atoms with Gasteiger partial charge in [-0.1, -0.05) is 52.7 Å². The second-order valence-corrected chi connectivity index (χ2v) is 5.11. The molecule has 0 aliphatic carbocycles. The van der Waals surface area contributed by atoms with Crippen LogP contribution in [0, 0.1) is 5.41 Å². The second kappa shape index (κ2) is 18.4. The Labute approximate surface area is 139 Å². The van der Waals surface area contributed by atoms with Crippen LogP contribution in [-0.4, -0.2) is 45.6 Å². The molecule has 0 bridgehead atoms. The lowest BCUT2D eigenvalue weighted by Crippen LogP contribution is -2.29. The average Bonchev–Trinajstić information content (AvgIpc) is 2.55. The van der Waals surface area contributed by atoms with Crippen molar-refractivity contribution in [2.24, 2.45) is 5.41 Å². The minimum absolute atomic E-state index is 0.126. The summed E-state index contributed by atoms with van der Waals surface area (Å²) >= 11 is 0. The van der Waals surface area contributed by atoms with E-state index in [1.165, 1.54) is 12.8 Å². The normalized spacial score (nSPS) is 9.57. The number of rotatable bonds is 10. The number of unbranched alkanes of at least 4 members (excludes halogenated alkanes) is 2. The SMILES string of the molecule is C=CC(=O)O.C=CC(=O)O.CCCCCC(CO)(CO)CCC. The molecule has 0 fully saturated rings. The first-order valence-corrected chi connectivity index (χ1v) is 7.71. The summed E-state index contributed by atoms with van der Waals surface area (Å²) in [6.07, 6.45) is 8.11. The molecular formula is C17H32O6. The molecule has 0 spiro atoms. The van der Waals surface area contributed by atoms with Crippen molar-refractivity contribution in [2.75, 3.05) is 13.2 Å². The molecule has 0 heterocycles. The van der Waals surface area contributed by atoms with E-state index in [2.05, 4.69) is 27.0 Å². The van der Waals surface area contributed by atoms with Gasteiger partial charge >= 0.3 is 11.9 Å². The van der Waals surface area contributed by atoms with Crippen LogP contribution in [0.2, 0.25) is 0 Å². The van der Waals surface area contributed by atoms with Crippen molar-refractivity contribution in [1.82, 2.24) is 0 Å². The lowest BCUT2D eigenvalue weighted by atomic mass is 9.80. The van der Waals surface area contributed by atoms with E-state index in [-0.39, 0.29) is 18.6 Å². The molecule has 0 radical (unpaired) electrons.